The molecular formula is C21H22N2O2S. The number of hydrogen-bond donors (Lipinski definition) is 1. The second-order valence-corrected chi connectivity index (χ2v) is 8.24. The van der Waals surface area contributed by atoms with Crippen LogP contribution in [0.3, 0.4) is 0 Å². The predicted octanol–water partition coefficient (Wildman–Crippen LogP) is 3.20. The quantitative estimate of drug-likeness (QED) is 0.904. The third-order valence-electron chi connectivity index (χ3n) is 5.24. The maximum Gasteiger partial charge on any atom is 0.244 e. The van der Waals surface area contributed by atoms with E-state index in [1.807, 2.05) is 54.3 Å². The topological polar surface area (TPSA) is 49.4 Å². The van der Waals surface area contributed by atoms with Crippen molar-refractivity contribution in [2.24, 2.45) is 0 Å². The molecule has 0 bridgehead atoms. The van der Waals surface area contributed by atoms with Crippen molar-refractivity contribution in [3.8, 4) is 0 Å². The van der Waals surface area contributed by atoms with Crippen molar-refractivity contribution in [3.05, 3.63) is 71.3 Å². The summed E-state index contributed by atoms with van der Waals surface area (Å²) < 4.78 is 0. The molecule has 2 atom stereocenters. The van der Waals surface area contributed by atoms with Gasteiger partial charge in [0, 0.05) is 18.7 Å². The first-order valence-electron chi connectivity index (χ1n) is 8.95. The summed E-state index contributed by atoms with van der Waals surface area (Å²) in [5.41, 5.74) is 3.38. The lowest BCUT2D eigenvalue weighted by atomic mass is 10.0. The van der Waals surface area contributed by atoms with E-state index in [-0.39, 0.29) is 16.7 Å². The highest BCUT2D eigenvalue weighted by Gasteiger charge is 2.56. The van der Waals surface area contributed by atoms with E-state index in [2.05, 4.69) is 17.4 Å². The van der Waals surface area contributed by atoms with Crippen molar-refractivity contribution in [1.29, 1.82) is 0 Å². The van der Waals surface area contributed by atoms with E-state index in [4.69, 9.17) is 0 Å². The Bertz CT molecular complexity index is 822. The Balaban J connectivity index is 1.51. The van der Waals surface area contributed by atoms with Crippen LogP contribution in [-0.2, 0) is 21.0 Å². The minimum absolute atomic E-state index is 0.0638. The second-order valence-electron chi connectivity index (χ2n) is 6.94. The van der Waals surface area contributed by atoms with Crippen molar-refractivity contribution in [2.75, 3.05) is 5.75 Å². The maximum absolute atomic E-state index is 12.8. The van der Waals surface area contributed by atoms with Crippen molar-refractivity contribution in [1.82, 2.24) is 10.2 Å². The van der Waals surface area contributed by atoms with E-state index >= 15 is 0 Å². The minimum atomic E-state index is -0.402. The molecule has 2 saturated heterocycles. The number of thioether (sulfide) groups is 1. The minimum Gasteiger partial charge on any atom is -0.350 e. The summed E-state index contributed by atoms with van der Waals surface area (Å²) in [5.74, 6) is 0.654. The van der Waals surface area contributed by atoms with E-state index in [0.29, 0.717) is 18.7 Å². The molecule has 2 aromatic carbocycles. The van der Waals surface area contributed by atoms with Crippen LogP contribution < -0.4 is 5.32 Å². The van der Waals surface area contributed by atoms with E-state index in [0.717, 1.165) is 17.5 Å². The molecule has 0 saturated carbocycles. The SMILES string of the molecule is Cc1ccc(CNC(=O)[C@H]2CS[C@@]3(c4ccccc4)CCC(=O)N23)cc1. The van der Waals surface area contributed by atoms with Gasteiger partial charge in [0.2, 0.25) is 11.8 Å². The van der Waals surface area contributed by atoms with Crippen LogP contribution in [0.5, 0.6) is 0 Å². The highest BCUT2D eigenvalue weighted by molar-refractivity contribution is 8.00. The molecule has 4 rings (SSSR count). The Morgan fingerprint density at radius 1 is 1.19 bits per heavy atom. The molecule has 2 heterocycles. The average molecular weight is 366 g/mol. The molecule has 0 radical (unpaired) electrons. The van der Waals surface area contributed by atoms with Gasteiger partial charge in [-0.15, -0.1) is 11.8 Å². The molecule has 1 N–H and O–H groups in total. The van der Waals surface area contributed by atoms with Crippen molar-refractivity contribution >= 4 is 23.6 Å². The van der Waals surface area contributed by atoms with Gasteiger partial charge in [0.15, 0.2) is 0 Å². The number of carbonyl (C=O) groups is 2. The van der Waals surface area contributed by atoms with Gasteiger partial charge < -0.3 is 10.2 Å². The summed E-state index contributed by atoms with van der Waals surface area (Å²) in [6.07, 6.45) is 1.27. The Hall–Kier alpha value is -2.27. The molecule has 2 aliphatic rings. The van der Waals surface area contributed by atoms with E-state index in [9.17, 15) is 9.59 Å². The molecule has 0 aromatic heterocycles. The third kappa shape index (κ3) is 2.90. The highest BCUT2D eigenvalue weighted by Crippen LogP contribution is 2.54. The zero-order valence-corrected chi connectivity index (χ0v) is 15.6. The monoisotopic (exact) mass is 366 g/mol. The Morgan fingerprint density at radius 3 is 2.65 bits per heavy atom. The Kier molecular flexibility index (Phi) is 4.49. The van der Waals surface area contributed by atoms with Gasteiger partial charge in [-0.3, -0.25) is 9.59 Å². The zero-order chi connectivity index (χ0) is 18.1. The van der Waals surface area contributed by atoms with Crippen molar-refractivity contribution < 1.29 is 9.59 Å². The van der Waals surface area contributed by atoms with Gasteiger partial charge in [-0.2, -0.15) is 0 Å². The smallest absolute Gasteiger partial charge is 0.244 e. The molecule has 26 heavy (non-hydrogen) atoms. The molecule has 0 unspecified atom stereocenters. The van der Waals surface area contributed by atoms with Gasteiger partial charge in [-0.1, -0.05) is 60.2 Å². The molecule has 2 aromatic rings. The summed E-state index contributed by atoms with van der Waals surface area (Å²) in [4.78, 5) is 26.9. The van der Waals surface area contributed by atoms with E-state index in [1.54, 1.807) is 11.8 Å². The number of benzene rings is 2. The summed E-state index contributed by atoms with van der Waals surface area (Å²) in [5, 5.41) is 3.02. The fourth-order valence-corrected chi connectivity index (χ4v) is 5.50. The molecule has 5 heteroatoms. The predicted molar refractivity (Wildman–Crippen MR) is 103 cm³/mol. The lowest BCUT2D eigenvalue weighted by Crippen LogP contribution is -2.49. The number of hydrogen-bond acceptors (Lipinski definition) is 3. The summed E-state index contributed by atoms with van der Waals surface area (Å²) in [6.45, 7) is 2.53. The lowest BCUT2D eigenvalue weighted by Gasteiger charge is -2.34. The number of nitrogens with one attached hydrogen (secondary N) is 1. The molecular weight excluding hydrogens is 344 g/mol. The summed E-state index contributed by atoms with van der Waals surface area (Å²) in [6, 6.07) is 17.8. The van der Waals surface area contributed by atoms with Gasteiger partial charge in [0.05, 0.1) is 0 Å². The average Bonchev–Trinajstić information content (AvgIpc) is 3.21. The van der Waals surface area contributed by atoms with Crippen molar-refractivity contribution in [3.63, 3.8) is 0 Å². The van der Waals surface area contributed by atoms with Gasteiger partial charge in [-0.25, -0.2) is 0 Å². The molecule has 2 amide bonds. The highest BCUT2D eigenvalue weighted by atomic mass is 32.2. The second kappa shape index (κ2) is 6.80. The van der Waals surface area contributed by atoms with Crippen LogP contribution in [0.2, 0.25) is 0 Å². The zero-order valence-electron chi connectivity index (χ0n) is 14.8. The number of nitrogens with zero attached hydrogens (tertiary/aromatic N) is 1. The Labute approximate surface area is 158 Å². The number of rotatable bonds is 4. The van der Waals surface area contributed by atoms with Crippen LogP contribution in [0.25, 0.3) is 0 Å². The van der Waals surface area contributed by atoms with Gasteiger partial charge in [0.1, 0.15) is 10.9 Å². The lowest BCUT2D eigenvalue weighted by molar-refractivity contribution is -0.138. The van der Waals surface area contributed by atoms with Gasteiger partial charge in [0.25, 0.3) is 0 Å². The van der Waals surface area contributed by atoms with Crippen molar-refractivity contribution in [2.45, 2.75) is 37.2 Å². The molecule has 2 aliphatic heterocycles. The number of aryl methyl sites for hydroxylation is 1. The van der Waals surface area contributed by atoms with Crippen LogP contribution in [0.15, 0.2) is 54.6 Å². The largest absolute Gasteiger partial charge is 0.350 e. The van der Waals surface area contributed by atoms with Crippen LogP contribution in [0.4, 0.5) is 0 Å². The molecule has 134 valence electrons. The van der Waals surface area contributed by atoms with E-state index in [1.165, 1.54) is 5.56 Å². The standard InChI is InChI=1S/C21H22N2O2S/c1-15-7-9-16(10-8-15)13-22-20(25)18-14-26-21(12-11-19(24)23(18)21)17-5-3-2-4-6-17/h2-10,18H,11-14H2,1H3,(H,22,25)/t18-,21-/m1/s1. The number of amides is 2. The fourth-order valence-electron chi connectivity index (χ4n) is 3.85. The first-order valence-corrected chi connectivity index (χ1v) is 9.94. The van der Waals surface area contributed by atoms with Crippen LogP contribution >= 0.6 is 11.8 Å². The summed E-state index contributed by atoms with van der Waals surface area (Å²) in [7, 11) is 0. The first-order chi connectivity index (χ1) is 12.6. The maximum atomic E-state index is 12.8. The van der Waals surface area contributed by atoms with Gasteiger partial charge in [-0.05, 0) is 24.5 Å². The third-order valence-corrected chi connectivity index (χ3v) is 6.84. The van der Waals surface area contributed by atoms with E-state index < -0.39 is 6.04 Å². The number of carbonyl (C=O) groups excluding carboxylic acids is 2. The van der Waals surface area contributed by atoms with Crippen LogP contribution in [-0.4, -0.2) is 28.5 Å². The Morgan fingerprint density at radius 2 is 1.92 bits per heavy atom. The molecule has 2 fully saturated rings. The molecule has 0 spiro atoms. The normalized spacial score (nSPS) is 24.6. The van der Waals surface area contributed by atoms with Crippen LogP contribution in [0, 0.1) is 6.92 Å². The molecule has 0 aliphatic carbocycles. The first kappa shape index (κ1) is 17.2. The number of fused-ring (bicyclic) bond motifs is 1. The summed E-state index contributed by atoms with van der Waals surface area (Å²) >= 11 is 1.72. The molecule has 4 nitrogen and oxygen atoms in total. The van der Waals surface area contributed by atoms with Gasteiger partial charge >= 0.3 is 0 Å². The fraction of sp³-hybridized carbons (Fsp3) is 0.333. The van der Waals surface area contributed by atoms with Crippen LogP contribution in [0.1, 0.15) is 29.5 Å².